The highest BCUT2D eigenvalue weighted by atomic mass is 32.2. The van der Waals surface area contributed by atoms with Crippen molar-refractivity contribution in [2.24, 2.45) is 0 Å². The Hall–Kier alpha value is -1.40. The predicted octanol–water partition coefficient (Wildman–Crippen LogP) is 1.54. The van der Waals surface area contributed by atoms with Crippen LogP contribution in [0.2, 0.25) is 0 Å². The number of ether oxygens (including phenoxy) is 1. The van der Waals surface area contributed by atoms with Crippen LogP contribution in [0.5, 0.6) is 0 Å². The molecule has 0 bridgehead atoms. The van der Waals surface area contributed by atoms with E-state index in [-0.39, 0.29) is 11.8 Å². The second-order valence-electron chi connectivity index (χ2n) is 5.10. The second kappa shape index (κ2) is 7.56. The van der Waals surface area contributed by atoms with Crippen molar-refractivity contribution in [3.63, 3.8) is 0 Å². The summed E-state index contributed by atoms with van der Waals surface area (Å²) in [6.07, 6.45) is 0. The number of aryl methyl sites for hydroxylation is 2. The van der Waals surface area contributed by atoms with Crippen LogP contribution in [0.1, 0.15) is 29.7 Å². The first-order valence-corrected chi connectivity index (χ1v) is 8.69. The molecule has 6 heteroatoms. The Bertz CT molecular complexity index is 596. The van der Waals surface area contributed by atoms with E-state index >= 15 is 0 Å². The smallest absolute Gasteiger partial charge is 0.320 e. The molecule has 0 radical (unpaired) electrons. The molecule has 21 heavy (non-hydrogen) atoms. The molecule has 0 saturated heterocycles. The van der Waals surface area contributed by atoms with Gasteiger partial charge in [-0.2, -0.15) is 0 Å². The molecule has 1 unspecified atom stereocenters. The van der Waals surface area contributed by atoms with E-state index in [9.17, 15) is 13.2 Å². The minimum Gasteiger partial charge on any atom is -0.468 e. The molecule has 0 fully saturated rings. The van der Waals surface area contributed by atoms with Crippen molar-refractivity contribution in [3.8, 4) is 0 Å². The zero-order chi connectivity index (χ0) is 16.0. The van der Waals surface area contributed by atoms with Crippen molar-refractivity contribution in [2.45, 2.75) is 26.8 Å². The first-order chi connectivity index (χ1) is 9.79. The fraction of sp³-hybridized carbons (Fsp3) is 0.533. The highest BCUT2D eigenvalue weighted by molar-refractivity contribution is 7.92. The van der Waals surface area contributed by atoms with Gasteiger partial charge < -0.3 is 10.1 Å². The average molecular weight is 313 g/mol. The summed E-state index contributed by atoms with van der Waals surface area (Å²) in [6.45, 7) is 6.52. The predicted molar refractivity (Wildman–Crippen MR) is 83.0 cm³/mol. The van der Waals surface area contributed by atoms with Crippen LogP contribution in [0.3, 0.4) is 0 Å². The summed E-state index contributed by atoms with van der Waals surface area (Å²) in [4.78, 5) is 11.2. The highest BCUT2D eigenvalue weighted by Gasteiger charge is 2.24. The fourth-order valence-corrected chi connectivity index (χ4v) is 3.67. The number of methoxy groups -OCH3 is 1. The molecule has 0 amide bonds. The summed E-state index contributed by atoms with van der Waals surface area (Å²) in [7, 11) is -2.34. The van der Waals surface area contributed by atoms with Gasteiger partial charge in [-0.3, -0.25) is 4.79 Å². The fourth-order valence-electron chi connectivity index (χ4n) is 2.27. The molecule has 0 aliphatic carbocycles. The molecule has 1 N–H and O–H groups in total. The number of esters is 1. The van der Waals surface area contributed by atoms with Gasteiger partial charge in [0.25, 0.3) is 0 Å². The first kappa shape index (κ1) is 17.7. The van der Waals surface area contributed by atoms with Gasteiger partial charge >= 0.3 is 5.97 Å². The monoisotopic (exact) mass is 313 g/mol. The van der Waals surface area contributed by atoms with E-state index in [1.807, 2.05) is 39.0 Å². The Morgan fingerprint density at radius 2 is 2.00 bits per heavy atom. The Morgan fingerprint density at radius 1 is 1.33 bits per heavy atom. The molecule has 1 rings (SSSR count). The topological polar surface area (TPSA) is 72.5 Å². The number of benzene rings is 1. The van der Waals surface area contributed by atoms with Gasteiger partial charge in [0.1, 0.15) is 5.75 Å². The maximum atomic E-state index is 12.1. The molecule has 0 aromatic heterocycles. The van der Waals surface area contributed by atoms with E-state index in [0.29, 0.717) is 6.54 Å². The molecule has 0 aliphatic rings. The molecule has 0 aliphatic heterocycles. The van der Waals surface area contributed by atoms with Crippen LogP contribution < -0.4 is 5.32 Å². The van der Waals surface area contributed by atoms with Crippen LogP contribution in [-0.2, 0) is 19.4 Å². The SMILES string of the molecule is CCNC(CS(=O)(=O)CC(=O)OC)c1ccc(C)cc1C. The second-order valence-corrected chi connectivity index (χ2v) is 7.21. The molecule has 0 saturated carbocycles. The van der Waals surface area contributed by atoms with E-state index in [1.54, 1.807) is 0 Å². The van der Waals surface area contributed by atoms with Crippen molar-refractivity contribution < 1.29 is 17.9 Å². The molecule has 0 heterocycles. The third-order valence-corrected chi connectivity index (χ3v) is 4.75. The van der Waals surface area contributed by atoms with Gasteiger partial charge in [0, 0.05) is 6.04 Å². The van der Waals surface area contributed by atoms with E-state index in [1.165, 1.54) is 7.11 Å². The third-order valence-electron chi connectivity index (χ3n) is 3.24. The van der Waals surface area contributed by atoms with Gasteiger partial charge in [0.15, 0.2) is 9.84 Å². The molecule has 1 aromatic rings. The van der Waals surface area contributed by atoms with Crippen LogP contribution in [0.4, 0.5) is 0 Å². The quantitative estimate of drug-likeness (QED) is 0.773. The molecular weight excluding hydrogens is 290 g/mol. The first-order valence-electron chi connectivity index (χ1n) is 6.87. The van der Waals surface area contributed by atoms with Crippen LogP contribution in [0.25, 0.3) is 0 Å². The third kappa shape index (κ3) is 5.47. The zero-order valence-corrected chi connectivity index (χ0v) is 13.8. The normalized spacial score (nSPS) is 13.0. The highest BCUT2D eigenvalue weighted by Crippen LogP contribution is 2.21. The van der Waals surface area contributed by atoms with Crippen LogP contribution in [0.15, 0.2) is 18.2 Å². The molecule has 0 spiro atoms. The van der Waals surface area contributed by atoms with Crippen molar-refractivity contribution in [3.05, 3.63) is 34.9 Å². The molecule has 118 valence electrons. The van der Waals surface area contributed by atoms with Crippen molar-refractivity contribution in [1.82, 2.24) is 5.32 Å². The van der Waals surface area contributed by atoms with Crippen LogP contribution in [0, 0.1) is 13.8 Å². The summed E-state index contributed by atoms with van der Waals surface area (Å²) in [5.74, 6) is -1.44. The number of hydrogen-bond acceptors (Lipinski definition) is 5. The maximum absolute atomic E-state index is 12.1. The van der Waals surface area contributed by atoms with Gasteiger partial charge in [0.2, 0.25) is 0 Å². The van der Waals surface area contributed by atoms with Gasteiger partial charge in [0.05, 0.1) is 12.9 Å². The standard InChI is InChI=1S/C15H23NO4S/c1-5-16-14(9-21(18,19)10-15(17)20-4)13-7-6-11(2)8-12(13)3/h6-8,14,16H,5,9-10H2,1-4H3. The van der Waals surface area contributed by atoms with Gasteiger partial charge in [-0.1, -0.05) is 30.7 Å². The Kier molecular flexibility index (Phi) is 6.36. The lowest BCUT2D eigenvalue weighted by Gasteiger charge is -2.20. The van der Waals surface area contributed by atoms with Gasteiger partial charge in [-0.25, -0.2) is 8.42 Å². The number of sulfone groups is 1. The zero-order valence-electron chi connectivity index (χ0n) is 13.0. The number of rotatable bonds is 7. The lowest BCUT2D eigenvalue weighted by molar-refractivity contribution is -0.137. The number of carbonyl (C=O) groups is 1. The number of hydrogen-bond donors (Lipinski definition) is 1. The van der Waals surface area contributed by atoms with E-state index in [4.69, 9.17) is 0 Å². The summed E-state index contributed by atoms with van der Waals surface area (Å²) in [5.41, 5.74) is 3.11. The molecule has 5 nitrogen and oxygen atoms in total. The van der Waals surface area contributed by atoms with Gasteiger partial charge in [-0.05, 0) is 31.5 Å². The van der Waals surface area contributed by atoms with Crippen molar-refractivity contribution in [2.75, 3.05) is 25.2 Å². The minimum atomic E-state index is -3.53. The lowest BCUT2D eigenvalue weighted by atomic mass is 10.0. The summed E-state index contributed by atoms with van der Waals surface area (Å²) >= 11 is 0. The molecule has 1 aromatic carbocycles. The maximum Gasteiger partial charge on any atom is 0.320 e. The lowest BCUT2D eigenvalue weighted by Crippen LogP contribution is -2.31. The largest absolute Gasteiger partial charge is 0.468 e. The Balaban J connectivity index is 2.99. The molecule has 1 atom stereocenters. The van der Waals surface area contributed by atoms with Gasteiger partial charge in [-0.15, -0.1) is 0 Å². The summed E-state index contributed by atoms with van der Waals surface area (Å²) < 4.78 is 28.6. The molecular formula is C15H23NO4S. The minimum absolute atomic E-state index is 0.125. The average Bonchev–Trinajstić information content (AvgIpc) is 2.37. The summed E-state index contributed by atoms with van der Waals surface area (Å²) in [5, 5.41) is 3.18. The Morgan fingerprint density at radius 3 is 2.52 bits per heavy atom. The van der Waals surface area contributed by atoms with Crippen LogP contribution in [-0.4, -0.2) is 39.5 Å². The van der Waals surface area contributed by atoms with Crippen molar-refractivity contribution in [1.29, 1.82) is 0 Å². The van der Waals surface area contributed by atoms with E-state index in [2.05, 4.69) is 10.1 Å². The summed E-state index contributed by atoms with van der Waals surface area (Å²) in [6, 6.07) is 5.59. The Labute approximate surface area is 126 Å². The van der Waals surface area contributed by atoms with E-state index < -0.39 is 21.6 Å². The number of carbonyl (C=O) groups excluding carboxylic acids is 1. The van der Waals surface area contributed by atoms with Crippen LogP contribution >= 0.6 is 0 Å². The van der Waals surface area contributed by atoms with Crippen molar-refractivity contribution >= 4 is 15.8 Å². The van der Waals surface area contributed by atoms with E-state index in [0.717, 1.165) is 16.7 Å². The number of nitrogens with one attached hydrogen (secondary N) is 1.